The summed E-state index contributed by atoms with van der Waals surface area (Å²) in [6.07, 6.45) is 38.6. The zero-order valence-electron chi connectivity index (χ0n) is 18.7. The van der Waals surface area contributed by atoms with Crippen LogP contribution in [-0.4, -0.2) is 13.1 Å². The lowest BCUT2D eigenvalue weighted by Crippen LogP contribution is -2.27. The van der Waals surface area contributed by atoms with Crippen LogP contribution in [0.25, 0.3) is 0 Å². The molecule has 1 nitrogen and oxygen atoms in total. The first-order valence-corrected chi connectivity index (χ1v) is 12.1. The Kier molecular flexibility index (Phi) is 13.2. The highest BCUT2D eigenvalue weighted by Crippen LogP contribution is 2.21. The molecule has 0 amide bonds. The molecule has 0 aromatic heterocycles. The van der Waals surface area contributed by atoms with Crippen LogP contribution in [0.5, 0.6) is 0 Å². The van der Waals surface area contributed by atoms with Gasteiger partial charge in [-0.15, -0.1) is 0 Å². The maximum absolute atomic E-state index is 3.80. The molecule has 0 aromatic carbocycles. The van der Waals surface area contributed by atoms with E-state index in [9.17, 15) is 0 Å². The number of hydrogen-bond acceptors (Lipinski definition) is 1. The molecule has 0 bridgehead atoms. The van der Waals surface area contributed by atoms with E-state index < -0.39 is 0 Å². The average molecular weight is 394 g/mol. The van der Waals surface area contributed by atoms with E-state index in [2.05, 4.69) is 79.1 Å². The second-order valence-corrected chi connectivity index (χ2v) is 8.86. The van der Waals surface area contributed by atoms with Crippen LogP contribution in [0.1, 0.15) is 77.6 Å². The summed E-state index contributed by atoms with van der Waals surface area (Å²) in [5.41, 5.74) is 1.41. The zero-order valence-corrected chi connectivity index (χ0v) is 18.7. The normalized spacial score (nSPS) is 24.7. The van der Waals surface area contributed by atoms with Crippen molar-refractivity contribution in [1.82, 2.24) is 5.32 Å². The standard InChI is InChI=1S/C28H43N/c1-26(24-29-25-28-21-15-11-7-8-12-16-22-28)18-17-23-27-19-13-9-5-3-2-4-6-10-14-20-27/h2-6,9-10,13-14,19-20,26,28-29H,7-8,11-12,15-18,21-25H2,1H3/b3-2-,4-2?,5-3?,6-4-,9-5-,10-6?,13-9?,14-10-,19-13?,20-14?,27-19?,27-20?. The Morgan fingerprint density at radius 3 is 2.07 bits per heavy atom. The monoisotopic (exact) mass is 393 g/mol. The van der Waals surface area contributed by atoms with Crippen molar-refractivity contribution in [1.29, 1.82) is 0 Å². The van der Waals surface area contributed by atoms with Gasteiger partial charge in [0.05, 0.1) is 0 Å². The predicted octanol–water partition coefficient (Wildman–Crippen LogP) is 7.85. The van der Waals surface area contributed by atoms with Gasteiger partial charge in [-0.1, -0.05) is 112 Å². The van der Waals surface area contributed by atoms with Crippen molar-refractivity contribution in [2.75, 3.05) is 13.1 Å². The summed E-state index contributed by atoms with van der Waals surface area (Å²) in [5, 5.41) is 3.80. The van der Waals surface area contributed by atoms with Crippen LogP contribution in [0, 0.1) is 11.8 Å². The Balaban J connectivity index is 1.65. The second-order valence-electron chi connectivity index (χ2n) is 8.86. The molecular formula is C28H43N. The van der Waals surface area contributed by atoms with Gasteiger partial charge in [0.1, 0.15) is 0 Å². The maximum atomic E-state index is 3.80. The molecule has 2 aliphatic rings. The second kappa shape index (κ2) is 16.2. The average Bonchev–Trinajstić information content (AvgIpc) is 2.84. The fourth-order valence-corrected chi connectivity index (χ4v) is 4.24. The molecule has 2 aliphatic carbocycles. The molecule has 1 saturated carbocycles. The number of hydrogen-bond donors (Lipinski definition) is 1. The van der Waals surface area contributed by atoms with E-state index in [1.54, 1.807) is 0 Å². The van der Waals surface area contributed by atoms with Gasteiger partial charge >= 0.3 is 0 Å². The fourth-order valence-electron chi connectivity index (χ4n) is 4.24. The molecule has 160 valence electrons. The van der Waals surface area contributed by atoms with Crippen molar-refractivity contribution in [3.8, 4) is 0 Å². The third-order valence-electron chi connectivity index (χ3n) is 6.07. The summed E-state index contributed by atoms with van der Waals surface area (Å²) in [6, 6.07) is 0. The lowest BCUT2D eigenvalue weighted by atomic mass is 9.96. The highest BCUT2D eigenvalue weighted by molar-refractivity contribution is 5.29. The molecule has 0 aliphatic heterocycles. The van der Waals surface area contributed by atoms with Crippen LogP contribution >= 0.6 is 0 Å². The minimum Gasteiger partial charge on any atom is -0.316 e. The van der Waals surface area contributed by atoms with E-state index in [0.717, 1.165) is 18.3 Å². The van der Waals surface area contributed by atoms with Gasteiger partial charge in [-0.3, -0.25) is 0 Å². The highest BCUT2D eigenvalue weighted by atomic mass is 14.9. The zero-order chi connectivity index (χ0) is 20.4. The predicted molar refractivity (Wildman–Crippen MR) is 130 cm³/mol. The molecule has 0 radical (unpaired) electrons. The fraction of sp³-hybridized carbons (Fsp3) is 0.571. The van der Waals surface area contributed by atoms with Crippen molar-refractivity contribution in [2.45, 2.75) is 77.6 Å². The van der Waals surface area contributed by atoms with E-state index in [0.29, 0.717) is 0 Å². The smallest absolute Gasteiger partial charge is 0.00204 e. The van der Waals surface area contributed by atoms with E-state index >= 15 is 0 Å². The molecule has 0 saturated heterocycles. The molecule has 1 N–H and O–H groups in total. The molecule has 1 fully saturated rings. The third kappa shape index (κ3) is 12.5. The third-order valence-corrected chi connectivity index (χ3v) is 6.07. The van der Waals surface area contributed by atoms with Crippen LogP contribution in [0.4, 0.5) is 0 Å². The van der Waals surface area contributed by atoms with Crippen LogP contribution in [0.3, 0.4) is 0 Å². The van der Waals surface area contributed by atoms with E-state index in [1.807, 2.05) is 0 Å². The van der Waals surface area contributed by atoms with Crippen molar-refractivity contribution in [2.24, 2.45) is 11.8 Å². The summed E-state index contributed by atoms with van der Waals surface area (Å²) >= 11 is 0. The van der Waals surface area contributed by atoms with Gasteiger partial charge in [0.25, 0.3) is 0 Å². The summed E-state index contributed by atoms with van der Waals surface area (Å²) in [6.45, 7) is 4.81. The number of allylic oxidation sites excluding steroid dienone is 12. The first-order chi connectivity index (χ1) is 14.3. The Labute approximate surface area is 180 Å². The number of nitrogens with one attached hydrogen (secondary N) is 1. The topological polar surface area (TPSA) is 12.0 Å². The van der Waals surface area contributed by atoms with E-state index in [4.69, 9.17) is 0 Å². The Morgan fingerprint density at radius 1 is 0.793 bits per heavy atom. The quantitative estimate of drug-likeness (QED) is 0.442. The first kappa shape index (κ1) is 23.7. The summed E-state index contributed by atoms with van der Waals surface area (Å²) in [4.78, 5) is 0. The minimum absolute atomic E-state index is 0.755. The Hall–Kier alpha value is -1.60. The van der Waals surface area contributed by atoms with E-state index in [-0.39, 0.29) is 0 Å². The molecule has 0 spiro atoms. The van der Waals surface area contributed by atoms with E-state index in [1.165, 1.54) is 82.9 Å². The Morgan fingerprint density at radius 2 is 1.38 bits per heavy atom. The van der Waals surface area contributed by atoms with Crippen LogP contribution in [-0.2, 0) is 0 Å². The maximum Gasteiger partial charge on any atom is -0.00204 e. The molecule has 0 aromatic rings. The van der Waals surface area contributed by atoms with Gasteiger partial charge in [-0.25, -0.2) is 0 Å². The van der Waals surface area contributed by atoms with Gasteiger partial charge in [-0.2, -0.15) is 0 Å². The molecular weight excluding hydrogens is 350 g/mol. The van der Waals surface area contributed by atoms with Crippen molar-refractivity contribution in [3.63, 3.8) is 0 Å². The highest BCUT2D eigenvalue weighted by Gasteiger charge is 2.11. The Bertz CT molecular complexity index is 577. The van der Waals surface area contributed by atoms with Crippen LogP contribution < -0.4 is 5.32 Å². The van der Waals surface area contributed by atoms with Crippen LogP contribution in [0.2, 0.25) is 0 Å². The van der Waals surface area contributed by atoms with Gasteiger partial charge < -0.3 is 5.32 Å². The van der Waals surface area contributed by atoms with Crippen molar-refractivity contribution < 1.29 is 0 Å². The lowest BCUT2D eigenvalue weighted by molar-refractivity contribution is 0.377. The van der Waals surface area contributed by atoms with Crippen molar-refractivity contribution >= 4 is 0 Å². The van der Waals surface area contributed by atoms with Gasteiger partial charge in [0.2, 0.25) is 0 Å². The largest absolute Gasteiger partial charge is 0.316 e. The van der Waals surface area contributed by atoms with Gasteiger partial charge in [-0.05, 0) is 62.6 Å². The molecule has 0 heterocycles. The molecule has 1 heteroatoms. The molecule has 1 atom stereocenters. The van der Waals surface area contributed by atoms with Gasteiger partial charge in [0, 0.05) is 0 Å². The summed E-state index contributed by atoms with van der Waals surface area (Å²) in [5.74, 6) is 1.67. The number of rotatable bonds is 8. The van der Waals surface area contributed by atoms with Gasteiger partial charge in [0.15, 0.2) is 0 Å². The van der Waals surface area contributed by atoms with Crippen molar-refractivity contribution in [3.05, 3.63) is 72.4 Å². The molecule has 1 unspecified atom stereocenters. The van der Waals surface area contributed by atoms with Crippen LogP contribution in [0.15, 0.2) is 72.4 Å². The SMILES string of the molecule is CC(CCCC1=C\C=C/C=C\C=C/C=C\C=C1)CNCC1CCCCCCCC1. The lowest BCUT2D eigenvalue weighted by Gasteiger charge is -2.19. The summed E-state index contributed by atoms with van der Waals surface area (Å²) < 4.78 is 0. The first-order valence-electron chi connectivity index (χ1n) is 12.1. The molecule has 29 heavy (non-hydrogen) atoms. The summed E-state index contributed by atoms with van der Waals surface area (Å²) in [7, 11) is 0. The molecule has 2 rings (SSSR count). The minimum atomic E-state index is 0.755.